The predicted molar refractivity (Wildman–Crippen MR) is 55.9 cm³/mol. The van der Waals surface area contributed by atoms with Crippen molar-refractivity contribution >= 4 is 0 Å². The van der Waals surface area contributed by atoms with Crippen LogP contribution in [0.3, 0.4) is 0 Å². The molecule has 0 bridgehead atoms. The zero-order valence-electron chi connectivity index (χ0n) is 8.84. The van der Waals surface area contributed by atoms with Gasteiger partial charge in [-0.2, -0.15) is 0 Å². The van der Waals surface area contributed by atoms with E-state index >= 15 is 0 Å². The summed E-state index contributed by atoms with van der Waals surface area (Å²) < 4.78 is 0. The lowest BCUT2D eigenvalue weighted by Gasteiger charge is -2.28. The Morgan fingerprint density at radius 3 is 2.69 bits per heavy atom. The first-order chi connectivity index (χ1) is 6.36. The first-order valence-corrected chi connectivity index (χ1v) is 5.79. The van der Waals surface area contributed by atoms with Crippen LogP contribution in [0.1, 0.15) is 32.1 Å². The lowest BCUT2D eigenvalue weighted by Crippen LogP contribution is -2.39. The first kappa shape index (κ1) is 9.47. The average molecular weight is 182 g/mol. The first-order valence-electron chi connectivity index (χ1n) is 5.79. The van der Waals surface area contributed by atoms with E-state index in [-0.39, 0.29) is 0 Å². The van der Waals surface area contributed by atoms with Gasteiger partial charge in [-0.05, 0) is 45.9 Å². The summed E-state index contributed by atoms with van der Waals surface area (Å²) in [6.45, 7) is 5.31. The lowest BCUT2D eigenvalue weighted by atomic mass is 10.1. The van der Waals surface area contributed by atoms with Crippen LogP contribution in [0.2, 0.25) is 0 Å². The summed E-state index contributed by atoms with van der Waals surface area (Å²) in [5.74, 6) is 0. The molecule has 2 fully saturated rings. The van der Waals surface area contributed by atoms with Gasteiger partial charge in [0.1, 0.15) is 0 Å². The Labute approximate surface area is 81.9 Å². The zero-order valence-corrected chi connectivity index (χ0v) is 8.84. The molecule has 0 aromatic rings. The molecule has 2 rings (SSSR count). The molecular formula is C11H22N2. The molecule has 0 aromatic heterocycles. The maximum absolute atomic E-state index is 2.73. The molecule has 0 amide bonds. The third-order valence-electron chi connectivity index (χ3n) is 3.51. The Morgan fingerprint density at radius 1 is 0.923 bits per heavy atom. The fourth-order valence-corrected chi connectivity index (χ4v) is 2.73. The van der Waals surface area contributed by atoms with Crippen LogP contribution < -0.4 is 0 Å². The summed E-state index contributed by atoms with van der Waals surface area (Å²) in [7, 11) is 2.27. The smallest absolute Gasteiger partial charge is 0.0223 e. The number of nitrogens with zero attached hydrogens (tertiary/aromatic N) is 2. The normalized spacial score (nSPS) is 33.5. The van der Waals surface area contributed by atoms with Gasteiger partial charge in [-0.1, -0.05) is 12.8 Å². The van der Waals surface area contributed by atoms with Crippen molar-refractivity contribution in [1.82, 2.24) is 9.80 Å². The number of rotatable bonds is 0. The van der Waals surface area contributed by atoms with Crippen LogP contribution in [0.5, 0.6) is 0 Å². The fourth-order valence-electron chi connectivity index (χ4n) is 2.73. The van der Waals surface area contributed by atoms with Gasteiger partial charge in [0.15, 0.2) is 0 Å². The number of hydrogen-bond donors (Lipinski definition) is 0. The van der Waals surface area contributed by atoms with E-state index in [0.29, 0.717) is 0 Å². The third kappa shape index (κ3) is 2.44. The van der Waals surface area contributed by atoms with E-state index in [0.717, 1.165) is 6.04 Å². The minimum atomic E-state index is 0.870. The van der Waals surface area contributed by atoms with Gasteiger partial charge >= 0.3 is 0 Å². The lowest BCUT2D eigenvalue weighted by molar-refractivity contribution is 0.192. The Morgan fingerprint density at radius 2 is 1.77 bits per heavy atom. The Balaban J connectivity index is 1.98. The van der Waals surface area contributed by atoms with Crippen LogP contribution in [-0.4, -0.2) is 49.1 Å². The maximum Gasteiger partial charge on any atom is 0.0223 e. The Kier molecular flexibility index (Phi) is 3.23. The molecular weight excluding hydrogens is 160 g/mol. The van der Waals surface area contributed by atoms with E-state index in [1.807, 2.05) is 0 Å². The molecule has 0 N–H and O–H groups in total. The quantitative estimate of drug-likeness (QED) is 0.561. The summed E-state index contributed by atoms with van der Waals surface area (Å²) in [6.07, 6.45) is 7.14. The minimum Gasteiger partial charge on any atom is -0.305 e. The number of likely N-dealkylation sites (N-methyl/N-ethyl adjacent to an activating group) is 1. The highest BCUT2D eigenvalue weighted by Crippen LogP contribution is 2.19. The maximum atomic E-state index is 2.73. The van der Waals surface area contributed by atoms with E-state index in [9.17, 15) is 0 Å². The van der Waals surface area contributed by atoms with Crippen molar-refractivity contribution in [3.05, 3.63) is 0 Å². The molecule has 2 heterocycles. The van der Waals surface area contributed by atoms with Gasteiger partial charge in [-0.25, -0.2) is 0 Å². The average Bonchev–Trinajstić information content (AvgIpc) is 2.38. The van der Waals surface area contributed by atoms with Crippen LogP contribution >= 0.6 is 0 Å². The van der Waals surface area contributed by atoms with Crippen molar-refractivity contribution in [2.24, 2.45) is 0 Å². The number of fused-ring (bicyclic) bond motifs is 1. The molecule has 0 radical (unpaired) electrons. The van der Waals surface area contributed by atoms with Crippen LogP contribution in [0, 0.1) is 0 Å². The molecule has 76 valence electrons. The summed E-state index contributed by atoms with van der Waals surface area (Å²) in [6, 6.07) is 0.870. The van der Waals surface area contributed by atoms with Crippen LogP contribution in [0.25, 0.3) is 0 Å². The molecule has 0 aromatic carbocycles. The largest absolute Gasteiger partial charge is 0.305 e. The van der Waals surface area contributed by atoms with E-state index < -0.39 is 0 Å². The summed E-state index contributed by atoms with van der Waals surface area (Å²) >= 11 is 0. The van der Waals surface area contributed by atoms with Crippen molar-refractivity contribution in [2.45, 2.75) is 38.1 Å². The van der Waals surface area contributed by atoms with Gasteiger partial charge in [0.2, 0.25) is 0 Å². The van der Waals surface area contributed by atoms with Crippen molar-refractivity contribution in [2.75, 3.05) is 33.2 Å². The van der Waals surface area contributed by atoms with E-state index in [4.69, 9.17) is 0 Å². The molecule has 1 unspecified atom stereocenters. The van der Waals surface area contributed by atoms with Gasteiger partial charge in [0.05, 0.1) is 0 Å². The van der Waals surface area contributed by atoms with Gasteiger partial charge < -0.3 is 4.90 Å². The SMILES string of the molecule is CN1CCCN2CCCCCC2C1. The summed E-state index contributed by atoms with van der Waals surface area (Å²) in [4.78, 5) is 5.24. The fraction of sp³-hybridized carbons (Fsp3) is 1.00. The molecule has 2 aliphatic rings. The monoisotopic (exact) mass is 182 g/mol. The molecule has 2 saturated heterocycles. The van der Waals surface area contributed by atoms with Gasteiger partial charge in [0, 0.05) is 12.6 Å². The van der Waals surface area contributed by atoms with Gasteiger partial charge in [-0.15, -0.1) is 0 Å². The van der Waals surface area contributed by atoms with Crippen molar-refractivity contribution < 1.29 is 0 Å². The van der Waals surface area contributed by atoms with Gasteiger partial charge in [-0.3, -0.25) is 4.90 Å². The molecule has 13 heavy (non-hydrogen) atoms. The minimum absolute atomic E-state index is 0.870. The van der Waals surface area contributed by atoms with Crippen LogP contribution in [-0.2, 0) is 0 Å². The molecule has 0 aliphatic carbocycles. The molecule has 1 atom stereocenters. The van der Waals surface area contributed by atoms with E-state index in [1.54, 1.807) is 0 Å². The van der Waals surface area contributed by atoms with E-state index in [1.165, 1.54) is 58.3 Å². The standard InChI is InChI=1S/C11H22N2/c1-12-7-5-9-13-8-4-2-3-6-11(13)10-12/h11H,2-10H2,1H3. The van der Waals surface area contributed by atoms with Crippen molar-refractivity contribution in [1.29, 1.82) is 0 Å². The third-order valence-corrected chi connectivity index (χ3v) is 3.51. The van der Waals surface area contributed by atoms with Crippen LogP contribution in [0.15, 0.2) is 0 Å². The van der Waals surface area contributed by atoms with Crippen molar-refractivity contribution in [3.8, 4) is 0 Å². The molecule has 0 saturated carbocycles. The molecule has 2 nitrogen and oxygen atoms in total. The summed E-state index contributed by atoms with van der Waals surface area (Å²) in [5, 5.41) is 0. The highest BCUT2D eigenvalue weighted by molar-refractivity contribution is 4.80. The Bertz CT molecular complexity index is 158. The molecule has 2 heteroatoms. The highest BCUT2D eigenvalue weighted by atomic mass is 15.2. The second-order valence-corrected chi connectivity index (χ2v) is 4.65. The van der Waals surface area contributed by atoms with E-state index in [2.05, 4.69) is 16.8 Å². The number of hydrogen-bond acceptors (Lipinski definition) is 2. The topological polar surface area (TPSA) is 6.48 Å². The molecule has 2 aliphatic heterocycles. The predicted octanol–water partition coefficient (Wildman–Crippen LogP) is 1.57. The van der Waals surface area contributed by atoms with Gasteiger partial charge in [0.25, 0.3) is 0 Å². The molecule has 0 spiro atoms. The highest BCUT2D eigenvalue weighted by Gasteiger charge is 2.24. The Hall–Kier alpha value is -0.0800. The second kappa shape index (κ2) is 4.43. The second-order valence-electron chi connectivity index (χ2n) is 4.65. The van der Waals surface area contributed by atoms with Crippen molar-refractivity contribution in [3.63, 3.8) is 0 Å². The summed E-state index contributed by atoms with van der Waals surface area (Å²) in [5.41, 5.74) is 0. The zero-order chi connectivity index (χ0) is 9.10. The van der Waals surface area contributed by atoms with Crippen LogP contribution in [0.4, 0.5) is 0 Å².